The number of ether oxygens (including phenoxy) is 1. The second kappa shape index (κ2) is 4.28. The molecule has 4 heteroatoms. The molecule has 2 aliphatic heterocycles. The van der Waals surface area contributed by atoms with Gasteiger partial charge in [-0.05, 0) is 19.3 Å². The summed E-state index contributed by atoms with van der Waals surface area (Å²) < 4.78 is 4.77. The molecule has 14 heavy (non-hydrogen) atoms. The fourth-order valence-electron chi connectivity index (χ4n) is 2.22. The Labute approximate surface area is 84.8 Å². The lowest BCUT2D eigenvalue weighted by molar-refractivity contribution is -0.175. The van der Waals surface area contributed by atoms with E-state index in [1.165, 1.54) is 26.4 Å². The highest BCUT2D eigenvalue weighted by molar-refractivity contribution is 5.76. The molecule has 1 unspecified atom stereocenters. The Bertz CT molecular complexity index is 214. The average Bonchev–Trinajstić information content (AvgIpc) is 2.17. The lowest BCUT2D eigenvalue weighted by atomic mass is 10.1. The van der Waals surface area contributed by atoms with Crippen LogP contribution in [0.3, 0.4) is 0 Å². The van der Waals surface area contributed by atoms with Gasteiger partial charge in [-0.15, -0.1) is 0 Å². The molecule has 0 N–H and O–H groups in total. The first-order valence-corrected chi connectivity index (χ1v) is 5.42. The number of piperidine rings is 1. The van der Waals surface area contributed by atoms with Crippen molar-refractivity contribution in [2.45, 2.75) is 31.7 Å². The molecule has 0 radical (unpaired) electrons. The van der Waals surface area contributed by atoms with Gasteiger partial charge in [-0.25, -0.2) is 10.0 Å². The van der Waals surface area contributed by atoms with Gasteiger partial charge in [-0.2, -0.15) is 0 Å². The Morgan fingerprint density at radius 2 is 1.93 bits per heavy atom. The summed E-state index contributed by atoms with van der Waals surface area (Å²) in [5.74, 6) is -0.0816. The summed E-state index contributed by atoms with van der Waals surface area (Å²) in [6, 6.07) is -0.00176. The van der Waals surface area contributed by atoms with Gasteiger partial charge < -0.3 is 4.74 Å². The molecule has 0 spiro atoms. The van der Waals surface area contributed by atoms with Crippen LogP contribution in [0, 0.1) is 0 Å². The van der Waals surface area contributed by atoms with Crippen LogP contribution in [0.5, 0.6) is 0 Å². The summed E-state index contributed by atoms with van der Waals surface area (Å²) in [6.07, 6.45) is 4.78. The fraction of sp³-hybridized carbons (Fsp3) is 0.900. The Morgan fingerprint density at radius 3 is 2.43 bits per heavy atom. The van der Waals surface area contributed by atoms with Crippen molar-refractivity contribution in [1.82, 2.24) is 10.0 Å². The first kappa shape index (κ1) is 9.93. The number of hydrogen-bond donors (Lipinski definition) is 0. The highest BCUT2D eigenvalue weighted by Gasteiger charge is 2.38. The zero-order valence-electron chi connectivity index (χ0n) is 8.74. The van der Waals surface area contributed by atoms with Crippen LogP contribution in [-0.4, -0.2) is 48.8 Å². The third kappa shape index (κ3) is 1.77. The van der Waals surface area contributed by atoms with Crippen molar-refractivity contribution in [3.8, 4) is 0 Å². The number of hydrazine groups is 1. The molecule has 80 valence electrons. The number of rotatable bonds is 2. The van der Waals surface area contributed by atoms with Crippen LogP contribution < -0.4 is 0 Å². The molecule has 2 heterocycles. The number of methoxy groups -OCH3 is 1. The molecular formula is C10H18N2O2. The lowest BCUT2D eigenvalue weighted by Crippen LogP contribution is -2.61. The molecule has 0 aromatic carbocycles. The molecule has 0 aromatic rings. The normalized spacial score (nSPS) is 29.6. The predicted molar refractivity (Wildman–Crippen MR) is 52.6 cm³/mol. The van der Waals surface area contributed by atoms with E-state index in [0.717, 1.165) is 26.1 Å². The Morgan fingerprint density at radius 1 is 1.21 bits per heavy atom. The molecule has 0 saturated carbocycles. The molecule has 0 aromatic heterocycles. The van der Waals surface area contributed by atoms with E-state index < -0.39 is 0 Å². The third-order valence-corrected chi connectivity index (χ3v) is 3.16. The molecule has 0 bridgehead atoms. The maximum Gasteiger partial charge on any atom is 0.324 e. The first-order valence-electron chi connectivity index (χ1n) is 5.42. The fourth-order valence-corrected chi connectivity index (χ4v) is 2.22. The number of esters is 1. The molecule has 2 aliphatic rings. The lowest BCUT2D eigenvalue weighted by Gasteiger charge is -2.47. The van der Waals surface area contributed by atoms with Crippen molar-refractivity contribution < 1.29 is 9.53 Å². The number of carbonyl (C=O) groups excluding carboxylic acids is 1. The van der Waals surface area contributed by atoms with E-state index in [1.54, 1.807) is 0 Å². The summed E-state index contributed by atoms with van der Waals surface area (Å²) >= 11 is 0. The van der Waals surface area contributed by atoms with Crippen LogP contribution in [0.1, 0.15) is 25.7 Å². The monoisotopic (exact) mass is 198 g/mol. The molecular weight excluding hydrogens is 180 g/mol. The Hall–Kier alpha value is -0.610. The topological polar surface area (TPSA) is 32.8 Å². The molecule has 2 fully saturated rings. The smallest absolute Gasteiger partial charge is 0.324 e. The molecule has 0 aliphatic carbocycles. The van der Waals surface area contributed by atoms with Crippen molar-refractivity contribution in [2.24, 2.45) is 0 Å². The van der Waals surface area contributed by atoms with Crippen molar-refractivity contribution in [2.75, 3.05) is 26.7 Å². The number of carbonyl (C=O) groups is 1. The minimum Gasteiger partial charge on any atom is -0.468 e. The standard InChI is InChI=1S/C10H18N2O2/c1-14-10(13)9-5-8-12(9)11-6-3-2-4-7-11/h9H,2-8H2,1H3. The maximum atomic E-state index is 11.4. The predicted octanol–water partition coefficient (Wildman–Crippen LogP) is 0.635. The van der Waals surface area contributed by atoms with Gasteiger partial charge in [-0.3, -0.25) is 4.79 Å². The largest absolute Gasteiger partial charge is 0.468 e. The van der Waals surface area contributed by atoms with E-state index in [1.807, 2.05) is 0 Å². The van der Waals surface area contributed by atoms with Gasteiger partial charge in [0.1, 0.15) is 6.04 Å². The van der Waals surface area contributed by atoms with E-state index >= 15 is 0 Å². The zero-order chi connectivity index (χ0) is 9.97. The van der Waals surface area contributed by atoms with Crippen LogP contribution >= 0.6 is 0 Å². The molecule has 0 amide bonds. The van der Waals surface area contributed by atoms with Crippen LogP contribution in [0.2, 0.25) is 0 Å². The van der Waals surface area contributed by atoms with Gasteiger partial charge >= 0.3 is 5.97 Å². The molecule has 2 rings (SSSR count). The number of nitrogens with zero attached hydrogens (tertiary/aromatic N) is 2. The maximum absolute atomic E-state index is 11.4. The highest BCUT2D eigenvalue weighted by atomic mass is 16.5. The van der Waals surface area contributed by atoms with Gasteiger partial charge in [0.15, 0.2) is 0 Å². The Balaban J connectivity index is 1.88. The van der Waals surface area contributed by atoms with Gasteiger partial charge in [0, 0.05) is 19.6 Å². The molecule has 1 atom stereocenters. The minimum absolute atomic E-state index is 0.00176. The second-order valence-corrected chi connectivity index (χ2v) is 4.01. The van der Waals surface area contributed by atoms with E-state index in [-0.39, 0.29) is 12.0 Å². The van der Waals surface area contributed by atoms with Crippen molar-refractivity contribution in [3.63, 3.8) is 0 Å². The molecule has 4 nitrogen and oxygen atoms in total. The zero-order valence-corrected chi connectivity index (χ0v) is 8.74. The van der Waals surface area contributed by atoms with Gasteiger partial charge in [-0.1, -0.05) is 6.42 Å². The average molecular weight is 198 g/mol. The van der Waals surface area contributed by atoms with Crippen LogP contribution in [0.25, 0.3) is 0 Å². The summed E-state index contributed by atoms with van der Waals surface area (Å²) in [5, 5.41) is 4.49. The summed E-state index contributed by atoms with van der Waals surface area (Å²) in [5.41, 5.74) is 0. The quantitative estimate of drug-likeness (QED) is 0.609. The highest BCUT2D eigenvalue weighted by Crippen LogP contribution is 2.23. The van der Waals surface area contributed by atoms with E-state index in [0.29, 0.717) is 0 Å². The van der Waals surface area contributed by atoms with Crippen LogP contribution in [-0.2, 0) is 9.53 Å². The first-order chi connectivity index (χ1) is 6.83. The van der Waals surface area contributed by atoms with Gasteiger partial charge in [0.2, 0.25) is 0 Å². The second-order valence-electron chi connectivity index (χ2n) is 4.01. The minimum atomic E-state index is -0.0816. The third-order valence-electron chi connectivity index (χ3n) is 3.16. The van der Waals surface area contributed by atoms with E-state index in [9.17, 15) is 4.79 Å². The van der Waals surface area contributed by atoms with E-state index in [2.05, 4.69) is 10.0 Å². The van der Waals surface area contributed by atoms with Crippen molar-refractivity contribution in [1.29, 1.82) is 0 Å². The van der Waals surface area contributed by atoms with Gasteiger partial charge in [0.05, 0.1) is 7.11 Å². The van der Waals surface area contributed by atoms with Crippen LogP contribution in [0.15, 0.2) is 0 Å². The summed E-state index contributed by atoms with van der Waals surface area (Å²) in [7, 11) is 1.47. The summed E-state index contributed by atoms with van der Waals surface area (Å²) in [4.78, 5) is 11.4. The Kier molecular flexibility index (Phi) is 3.03. The SMILES string of the molecule is COC(=O)C1CCN1N1CCCCC1. The van der Waals surface area contributed by atoms with Gasteiger partial charge in [0.25, 0.3) is 0 Å². The van der Waals surface area contributed by atoms with Crippen molar-refractivity contribution >= 4 is 5.97 Å². The van der Waals surface area contributed by atoms with Crippen molar-refractivity contribution in [3.05, 3.63) is 0 Å². The summed E-state index contributed by atoms with van der Waals surface area (Å²) in [6.45, 7) is 3.22. The van der Waals surface area contributed by atoms with Crippen LogP contribution in [0.4, 0.5) is 0 Å². The molecule has 2 saturated heterocycles. The van der Waals surface area contributed by atoms with E-state index in [4.69, 9.17) is 4.74 Å². The number of hydrogen-bond acceptors (Lipinski definition) is 4.